The van der Waals surface area contributed by atoms with Crippen molar-refractivity contribution in [1.29, 1.82) is 0 Å². The molecule has 2 atom stereocenters. The van der Waals surface area contributed by atoms with Crippen molar-refractivity contribution in [1.82, 2.24) is 14.8 Å². The SMILES string of the molecule is C/C=C(\C)C#Cc1ccc2c(c1)c(C(C)=O)cn2CC(=O)N1C[C@H](F)C[C@H]1C(=O)NCc1cccc(C)c1F. The lowest BCUT2D eigenvalue weighted by Gasteiger charge is -2.24. The first-order chi connectivity index (χ1) is 18.6. The van der Waals surface area contributed by atoms with Crippen molar-refractivity contribution in [3.05, 3.63) is 82.3 Å². The number of nitrogens with one attached hydrogen (secondary N) is 1. The van der Waals surface area contributed by atoms with E-state index in [4.69, 9.17) is 0 Å². The van der Waals surface area contributed by atoms with Crippen molar-refractivity contribution in [3.63, 3.8) is 0 Å². The lowest BCUT2D eigenvalue weighted by atomic mass is 10.1. The van der Waals surface area contributed by atoms with Crippen LogP contribution in [0.1, 0.15) is 54.2 Å². The second kappa shape index (κ2) is 11.6. The lowest BCUT2D eigenvalue weighted by molar-refractivity contribution is -0.139. The highest BCUT2D eigenvalue weighted by Gasteiger charge is 2.39. The zero-order chi connectivity index (χ0) is 28.3. The number of alkyl halides is 1. The Morgan fingerprint density at radius 2 is 1.95 bits per heavy atom. The molecule has 202 valence electrons. The minimum Gasteiger partial charge on any atom is -0.350 e. The molecule has 2 heterocycles. The maximum absolute atomic E-state index is 14.4. The summed E-state index contributed by atoms with van der Waals surface area (Å²) in [5.41, 5.74) is 3.54. The third-order valence-corrected chi connectivity index (χ3v) is 7.00. The van der Waals surface area contributed by atoms with Gasteiger partial charge in [-0.3, -0.25) is 14.4 Å². The summed E-state index contributed by atoms with van der Waals surface area (Å²) in [4.78, 5) is 39.9. The van der Waals surface area contributed by atoms with Crippen LogP contribution >= 0.6 is 0 Å². The van der Waals surface area contributed by atoms with E-state index in [0.29, 0.717) is 27.6 Å². The highest BCUT2D eigenvalue weighted by Crippen LogP contribution is 2.26. The zero-order valence-electron chi connectivity index (χ0n) is 22.5. The Labute approximate surface area is 226 Å². The van der Waals surface area contributed by atoms with Crippen LogP contribution in [0, 0.1) is 24.6 Å². The number of hydrogen-bond donors (Lipinski definition) is 1. The number of nitrogens with zero attached hydrogens (tertiary/aromatic N) is 2. The summed E-state index contributed by atoms with van der Waals surface area (Å²) >= 11 is 0. The number of Topliss-reactive ketones (excluding diaryl/α,β-unsaturated/α-hetero) is 1. The number of fused-ring (bicyclic) bond motifs is 1. The predicted octanol–water partition coefficient (Wildman–Crippen LogP) is 4.86. The molecular formula is C31H31F2N3O3. The van der Waals surface area contributed by atoms with Gasteiger partial charge < -0.3 is 14.8 Å². The van der Waals surface area contributed by atoms with E-state index in [1.54, 1.807) is 42.0 Å². The van der Waals surface area contributed by atoms with Gasteiger partial charge in [-0.25, -0.2) is 8.78 Å². The Balaban J connectivity index is 1.54. The molecule has 8 heteroatoms. The van der Waals surface area contributed by atoms with Crippen LogP contribution in [-0.4, -0.2) is 45.8 Å². The van der Waals surface area contributed by atoms with E-state index in [9.17, 15) is 23.2 Å². The number of halogens is 2. The summed E-state index contributed by atoms with van der Waals surface area (Å²) in [6.45, 7) is 6.45. The average molecular weight is 532 g/mol. The number of amides is 2. The smallest absolute Gasteiger partial charge is 0.243 e. The van der Waals surface area contributed by atoms with Gasteiger partial charge in [-0.2, -0.15) is 0 Å². The van der Waals surface area contributed by atoms with Gasteiger partial charge in [-0.15, -0.1) is 0 Å². The molecule has 2 aromatic carbocycles. The number of benzene rings is 2. The van der Waals surface area contributed by atoms with Gasteiger partial charge in [0.15, 0.2) is 5.78 Å². The molecule has 1 aliphatic heterocycles. The summed E-state index contributed by atoms with van der Waals surface area (Å²) < 4.78 is 30.4. The van der Waals surface area contributed by atoms with Crippen LogP contribution in [-0.2, 0) is 22.7 Å². The Hall–Kier alpha value is -4.25. The molecule has 0 saturated carbocycles. The fraction of sp³-hybridized carbons (Fsp3) is 0.323. The van der Waals surface area contributed by atoms with Gasteiger partial charge in [0, 0.05) is 46.8 Å². The van der Waals surface area contributed by atoms with E-state index < -0.39 is 29.8 Å². The number of ketones is 1. The molecule has 0 bridgehead atoms. The minimum absolute atomic E-state index is 0.0646. The van der Waals surface area contributed by atoms with Gasteiger partial charge >= 0.3 is 0 Å². The summed E-state index contributed by atoms with van der Waals surface area (Å²) in [6, 6.07) is 9.32. The van der Waals surface area contributed by atoms with Gasteiger partial charge in [0.2, 0.25) is 11.8 Å². The summed E-state index contributed by atoms with van der Waals surface area (Å²) in [6.07, 6.45) is 2.03. The Morgan fingerprint density at radius 3 is 2.67 bits per heavy atom. The third kappa shape index (κ3) is 6.09. The molecule has 1 aliphatic rings. The molecule has 39 heavy (non-hydrogen) atoms. The molecule has 4 rings (SSSR count). The van der Waals surface area contributed by atoms with Crippen molar-refractivity contribution in [2.75, 3.05) is 6.54 Å². The number of allylic oxidation sites excluding steroid dienone is 2. The molecule has 6 nitrogen and oxygen atoms in total. The molecular weight excluding hydrogens is 500 g/mol. The Kier molecular flexibility index (Phi) is 8.29. The number of rotatable bonds is 6. The standard InChI is InChI=1S/C31H31F2N3O3/c1-5-19(2)9-10-22-11-12-27-25(13-22)26(21(4)37)17-35(27)18-29(38)36-16-24(32)14-28(36)31(39)34-15-23-8-6-7-20(3)30(23)33/h5-8,11-13,17,24,28H,14-16,18H2,1-4H3,(H,34,39)/b19-5+/t24-,28+/m1/s1. The van der Waals surface area contributed by atoms with Crippen molar-refractivity contribution in [2.45, 2.75) is 59.4 Å². The lowest BCUT2D eigenvalue weighted by Crippen LogP contribution is -2.46. The normalized spacial score (nSPS) is 17.2. The van der Waals surface area contributed by atoms with E-state index in [1.807, 2.05) is 32.1 Å². The number of aryl methyl sites for hydroxylation is 1. The molecule has 2 amide bonds. The fourth-order valence-corrected chi connectivity index (χ4v) is 4.72. The maximum atomic E-state index is 14.4. The summed E-state index contributed by atoms with van der Waals surface area (Å²) in [7, 11) is 0. The first-order valence-electron chi connectivity index (χ1n) is 12.8. The molecule has 0 radical (unpaired) electrons. The monoisotopic (exact) mass is 531 g/mol. The van der Waals surface area contributed by atoms with Crippen LogP contribution in [0.3, 0.4) is 0 Å². The van der Waals surface area contributed by atoms with Crippen molar-refractivity contribution in [2.24, 2.45) is 0 Å². The van der Waals surface area contributed by atoms with Crippen LogP contribution in [0.5, 0.6) is 0 Å². The predicted molar refractivity (Wildman–Crippen MR) is 146 cm³/mol. The number of aromatic nitrogens is 1. The second-order valence-electron chi connectivity index (χ2n) is 9.84. The van der Waals surface area contributed by atoms with Gasteiger partial charge in [0.05, 0.1) is 6.54 Å². The molecule has 0 spiro atoms. The fourth-order valence-electron chi connectivity index (χ4n) is 4.72. The Morgan fingerprint density at radius 1 is 1.18 bits per heavy atom. The zero-order valence-corrected chi connectivity index (χ0v) is 22.5. The second-order valence-corrected chi connectivity index (χ2v) is 9.84. The summed E-state index contributed by atoms with van der Waals surface area (Å²) in [5.74, 6) is 4.57. The Bertz CT molecular complexity index is 1540. The highest BCUT2D eigenvalue weighted by molar-refractivity contribution is 6.07. The minimum atomic E-state index is -1.35. The van der Waals surface area contributed by atoms with Crippen LogP contribution in [0.4, 0.5) is 8.78 Å². The van der Waals surface area contributed by atoms with Gasteiger partial charge in [-0.1, -0.05) is 36.1 Å². The van der Waals surface area contributed by atoms with Crippen molar-refractivity contribution in [3.8, 4) is 11.8 Å². The van der Waals surface area contributed by atoms with E-state index in [-0.39, 0.29) is 31.8 Å². The van der Waals surface area contributed by atoms with E-state index >= 15 is 0 Å². The maximum Gasteiger partial charge on any atom is 0.243 e. The molecule has 1 saturated heterocycles. The van der Waals surface area contributed by atoms with Crippen molar-refractivity contribution >= 4 is 28.5 Å². The largest absolute Gasteiger partial charge is 0.350 e. The first-order valence-corrected chi connectivity index (χ1v) is 12.8. The van der Waals surface area contributed by atoms with Crippen LogP contribution in [0.25, 0.3) is 10.9 Å². The van der Waals surface area contributed by atoms with Crippen molar-refractivity contribution < 1.29 is 23.2 Å². The highest BCUT2D eigenvalue weighted by atomic mass is 19.1. The number of likely N-dealkylation sites (tertiary alicyclic amines) is 1. The quantitative estimate of drug-likeness (QED) is 0.365. The number of carbonyl (C=O) groups is 3. The molecule has 1 aromatic heterocycles. The molecule has 1 N–H and O–H groups in total. The van der Waals surface area contributed by atoms with E-state index in [0.717, 1.165) is 11.1 Å². The van der Waals surface area contributed by atoms with Gasteiger partial charge in [-0.05, 0) is 57.0 Å². The average Bonchev–Trinajstić information content (AvgIpc) is 3.48. The summed E-state index contributed by atoms with van der Waals surface area (Å²) in [5, 5.41) is 3.32. The van der Waals surface area contributed by atoms with E-state index in [1.165, 1.54) is 11.8 Å². The molecule has 0 aliphatic carbocycles. The molecule has 0 unspecified atom stereocenters. The number of hydrogen-bond acceptors (Lipinski definition) is 3. The van der Waals surface area contributed by atoms with Crippen LogP contribution in [0.15, 0.2) is 54.2 Å². The molecule has 3 aromatic rings. The first kappa shape index (κ1) is 27.8. The van der Waals surface area contributed by atoms with Crippen LogP contribution in [0.2, 0.25) is 0 Å². The molecule has 1 fully saturated rings. The third-order valence-electron chi connectivity index (χ3n) is 7.00. The number of carbonyl (C=O) groups excluding carboxylic acids is 3. The van der Waals surface area contributed by atoms with E-state index in [2.05, 4.69) is 17.2 Å². The topological polar surface area (TPSA) is 71.4 Å². The van der Waals surface area contributed by atoms with Crippen LogP contribution < -0.4 is 5.32 Å². The van der Waals surface area contributed by atoms with Gasteiger partial charge in [0.1, 0.15) is 24.6 Å². The van der Waals surface area contributed by atoms with Gasteiger partial charge in [0.25, 0.3) is 0 Å².